The molecule has 1 atom stereocenters. The van der Waals surface area contributed by atoms with Gasteiger partial charge in [0.2, 0.25) is 12.7 Å². The molecule has 0 N–H and O–H groups in total. The Balaban J connectivity index is 1.32. The fraction of sp³-hybridized carbons (Fsp3) is 0.419. The summed E-state index contributed by atoms with van der Waals surface area (Å²) in [4.78, 5) is 32.2. The van der Waals surface area contributed by atoms with Crippen LogP contribution in [0.2, 0.25) is 0 Å². The topological polar surface area (TPSA) is 77.5 Å². The molecular weight excluding hydrogens is 528 g/mol. The van der Waals surface area contributed by atoms with Crippen molar-refractivity contribution in [3.63, 3.8) is 0 Å². The molecule has 1 unspecified atom stereocenters. The minimum absolute atomic E-state index is 0.0317. The van der Waals surface area contributed by atoms with Crippen molar-refractivity contribution in [3.8, 4) is 17.2 Å². The van der Waals surface area contributed by atoms with Gasteiger partial charge in [-0.2, -0.15) is 0 Å². The molecule has 2 amide bonds. The van der Waals surface area contributed by atoms with Crippen LogP contribution in [0.15, 0.2) is 53.9 Å². The zero-order chi connectivity index (χ0) is 28.1. The summed E-state index contributed by atoms with van der Waals surface area (Å²) in [6.07, 6.45) is 1.41. The molecule has 0 aliphatic carbocycles. The molecule has 0 radical (unpaired) electrons. The van der Waals surface area contributed by atoms with Gasteiger partial charge in [-0.3, -0.25) is 9.59 Å². The van der Waals surface area contributed by atoms with Crippen LogP contribution in [-0.4, -0.2) is 68.4 Å². The number of rotatable bonds is 11. The van der Waals surface area contributed by atoms with Gasteiger partial charge in [0.05, 0.1) is 6.04 Å². The van der Waals surface area contributed by atoms with E-state index in [0.29, 0.717) is 55.7 Å². The van der Waals surface area contributed by atoms with Crippen LogP contribution < -0.4 is 14.2 Å². The van der Waals surface area contributed by atoms with Gasteiger partial charge < -0.3 is 28.7 Å². The minimum Gasteiger partial charge on any atom is -0.491 e. The second-order valence-corrected chi connectivity index (χ2v) is 11.3. The molecule has 0 saturated carbocycles. The summed E-state index contributed by atoms with van der Waals surface area (Å²) in [7, 11) is 1.63. The van der Waals surface area contributed by atoms with Crippen molar-refractivity contribution in [1.82, 2.24) is 9.80 Å². The number of benzene rings is 2. The number of thiophene rings is 1. The zero-order valence-electron chi connectivity index (χ0n) is 23.3. The standard InChI is InChI=1S/C31H36N2O6S/c1-21(2)22-5-8-24(9-6-22)37-19-26-25-12-16-40-29(25)11-14-33(26)30(34)18-32(13-4-15-36-3)31(35)23-7-10-27-28(17-23)39-20-38-27/h5-10,12,16-17,21,26H,4,11,13-15,18-20H2,1-3H3. The van der Waals surface area contributed by atoms with Crippen molar-refractivity contribution < 1.29 is 28.5 Å². The summed E-state index contributed by atoms with van der Waals surface area (Å²) in [6.45, 7) is 6.24. The SMILES string of the molecule is COCCCN(CC(=O)N1CCc2sccc2C1COc1ccc(C(C)C)cc1)C(=O)c1ccc2c(c1)OCO2. The number of hydrogen-bond acceptors (Lipinski definition) is 7. The Morgan fingerprint density at radius 1 is 1.10 bits per heavy atom. The van der Waals surface area contributed by atoms with E-state index in [1.165, 1.54) is 10.4 Å². The lowest BCUT2D eigenvalue weighted by Gasteiger charge is -2.37. The Hall–Kier alpha value is -3.56. The molecule has 3 aromatic rings. The Morgan fingerprint density at radius 2 is 1.90 bits per heavy atom. The maximum absolute atomic E-state index is 13.8. The second-order valence-electron chi connectivity index (χ2n) is 10.3. The van der Waals surface area contributed by atoms with Gasteiger partial charge in [0.25, 0.3) is 5.91 Å². The highest BCUT2D eigenvalue weighted by Crippen LogP contribution is 2.35. The summed E-state index contributed by atoms with van der Waals surface area (Å²) in [5.41, 5.74) is 2.83. The van der Waals surface area contributed by atoms with E-state index in [0.717, 1.165) is 17.7 Å². The molecule has 0 spiro atoms. The predicted octanol–water partition coefficient (Wildman–Crippen LogP) is 5.28. The maximum Gasteiger partial charge on any atom is 0.254 e. The summed E-state index contributed by atoms with van der Waals surface area (Å²) in [5, 5.41) is 2.07. The fourth-order valence-corrected chi connectivity index (χ4v) is 6.05. The van der Waals surface area contributed by atoms with Crippen LogP contribution in [0.25, 0.3) is 0 Å². The van der Waals surface area contributed by atoms with Crippen molar-refractivity contribution >= 4 is 23.2 Å². The van der Waals surface area contributed by atoms with Gasteiger partial charge in [-0.15, -0.1) is 11.3 Å². The average Bonchev–Trinajstić information content (AvgIpc) is 3.64. The molecule has 0 bridgehead atoms. The molecule has 3 heterocycles. The molecule has 9 heteroatoms. The lowest BCUT2D eigenvalue weighted by Crippen LogP contribution is -2.48. The van der Waals surface area contributed by atoms with Crippen LogP contribution in [0.5, 0.6) is 17.2 Å². The maximum atomic E-state index is 13.8. The second kappa shape index (κ2) is 12.7. The molecule has 212 valence electrons. The normalized spacial score (nSPS) is 15.7. The molecule has 2 aliphatic rings. The van der Waals surface area contributed by atoms with Gasteiger partial charge in [0.15, 0.2) is 11.5 Å². The molecule has 0 fully saturated rings. The first kappa shape index (κ1) is 28.0. The van der Waals surface area contributed by atoms with Crippen molar-refractivity contribution in [1.29, 1.82) is 0 Å². The van der Waals surface area contributed by atoms with Crippen LogP contribution >= 0.6 is 11.3 Å². The van der Waals surface area contributed by atoms with Crippen molar-refractivity contribution in [2.75, 3.05) is 46.8 Å². The Bertz CT molecular complexity index is 1320. The van der Waals surface area contributed by atoms with Gasteiger partial charge in [-0.05, 0) is 71.7 Å². The lowest BCUT2D eigenvalue weighted by atomic mass is 10.00. The smallest absolute Gasteiger partial charge is 0.254 e. The monoisotopic (exact) mass is 564 g/mol. The number of carbonyl (C=O) groups excluding carboxylic acids is 2. The summed E-state index contributed by atoms with van der Waals surface area (Å²) in [5.74, 6) is 2.04. The van der Waals surface area contributed by atoms with E-state index in [-0.39, 0.29) is 31.2 Å². The Morgan fingerprint density at radius 3 is 2.67 bits per heavy atom. The van der Waals surface area contributed by atoms with Crippen LogP contribution in [0.4, 0.5) is 0 Å². The quantitative estimate of drug-likeness (QED) is 0.295. The van der Waals surface area contributed by atoms with E-state index in [2.05, 4.69) is 37.4 Å². The van der Waals surface area contributed by atoms with Gasteiger partial charge in [-0.1, -0.05) is 26.0 Å². The third kappa shape index (κ3) is 6.26. The number of nitrogens with zero attached hydrogens (tertiary/aromatic N) is 2. The van der Waals surface area contributed by atoms with E-state index >= 15 is 0 Å². The third-order valence-corrected chi connectivity index (χ3v) is 8.38. The lowest BCUT2D eigenvalue weighted by molar-refractivity contribution is -0.135. The molecular formula is C31H36N2O6S. The highest BCUT2D eigenvalue weighted by atomic mass is 32.1. The van der Waals surface area contributed by atoms with Gasteiger partial charge in [0.1, 0.15) is 18.9 Å². The number of carbonyl (C=O) groups is 2. The van der Waals surface area contributed by atoms with Crippen LogP contribution in [-0.2, 0) is 16.0 Å². The third-order valence-electron chi connectivity index (χ3n) is 7.38. The van der Waals surface area contributed by atoms with Gasteiger partial charge >= 0.3 is 0 Å². The Kier molecular flexibility index (Phi) is 8.91. The number of fused-ring (bicyclic) bond motifs is 2. The van der Waals surface area contributed by atoms with E-state index in [1.54, 1.807) is 41.5 Å². The van der Waals surface area contributed by atoms with Crippen LogP contribution in [0.1, 0.15) is 58.6 Å². The van der Waals surface area contributed by atoms with E-state index in [1.807, 2.05) is 17.0 Å². The first-order valence-corrected chi connectivity index (χ1v) is 14.6. The molecule has 0 saturated heterocycles. The summed E-state index contributed by atoms with van der Waals surface area (Å²) >= 11 is 1.72. The number of amides is 2. The Labute approximate surface area is 239 Å². The highest BCUT2D eigenvalue weighted by molar-refractivity contribution is 7.10. The van der Waals surface area contributed by atoms with Gasteiger partial charge in [-0.25, -0.2) is 0 Å². The molecule has 2 aliphatic heterocycles. The molecule has 1 aromatic heterocycles. The summed E-state index contributed by atoms with van der Waals surface area (Å²) in [6, 6.07) is 15.1. The molecule has 2 aromatic carbocycles. The van der Waals surface area contributed by atoms with Crippen molar-refractivity contribution in [3.05, 3.63) is 75.5 Å². The molecule has 8 nitrogen and oxygen atoms in total. The number of hydrogen-bond donors (Lipinski definition) is 0. The summed E-state index contributed by atoms with van der Waals surface area (Å²) < 4.78 is 22.3. The van der Waals surface area contributed by atoms with E-state index < -0.39 is 0 Å². The molecule has 5 rings (SSSR count). The number of ether oxygens (including phenoxy) is 4. The average molecular weight is 565 g/mol. The van der Waals surface area contributed by atoms with Crippen molar-refractivity contribution in [2.45, 2.75) is 38.6 Å². The molecule has 40 heavy (non-hydrogen) atoms. The highest BCUT2D eigenvalue weighted by Gasteiger charge is 2.34. The van der Waals surface area contributed by atoms with Gasteiger partial charge in [0, 0.05) is 37.2 Å². The van der Waals surface area contributed by atoms with Crippen LogP contribution in [0.3, 0.4) is 0 Å². The van der Waals surface area contributed by atoms with Crippen molar-refractivity contribution in [2.24, 2.45) is 0 Å². The van der Waals surface area contributed by atoms with Crippen LogP contribution in [0, 0.1) is 0 Å². The predicted molar refractivity (Wildman–Crippen MR) is 153 cm³/mol. The first-order chi connectivity index (χ1) is 19.4. The number of methoxy groups -OCH3 is 1. The minimum atomic E-state index is -0.228. The first-order valence-electron chi connectivity index (χ1n) is 13.7. The largest absolute Gasteiger partial charge is 0.491 e. The van der Waals surface area contributed by atoms with E-state index in [9.17, 15) is 9.59 Å². The zero-order valence-corrected chi connectivity index (χ0v) is 24.1. The fourth-order valence-electron chi connectivity index (χ4n) is 5.12. The van der Waals surface area contributed by atoms with E-state index in [4.69, 9.17) is 18.9 Å².